The molecule has 0 aliphatic heterocycles. The SMILES string of the molecule is Cc1cnn(CCCNC(=O)[C@H]2CC[C@@H](NC(=O)c3ocnc3C)C2)c1. The molecule has 2 heterocycles. The largest absolute Gasteiger partial charge is 0.438 e. The van der Waals surface area contributed by atoms with Gasteiger partial charge in [0, 0.05) is 31.2 Å². The Morgan fingerprint density at radius 3 is 2.88 bits per heavy atom. The summed E-state index contributed by atoms with van der Waals surface area (Å²) < 4.78 is 6.99. The van der Waals surface area contributed by atoms with Crippen LogP contribution in [0.2, 0.25) is 0 Å². The predicted octanol–water partition coefficient (Wildman–Crippen LogP) is 1.59. The summed E-state index contributed by atoms with van der Waals surface area (Å²) in [6.45, 7) is 5.15. The van der Waals surface area contributed by atoms with Crippen molar-refractivity contribution in [3.05, 3.63) is 35.8 Å². The maximum atomic E-state index is 12.3. The fourth-order valence-electron chi connectivity index (χ4n) is 3.31. The Bertz CT molecular complexity index is 766. The summed E-state index contributed by atoms with van der Waals surface area (Å²) in [6.07, 6.45) is 8.15. The van der Waals surface area contributed by atoms with Crippen molar-refractivity contribution in [1.82, 2.24) is 25.4 Å². The molecule has 2 aromatic heterocycles. The van der Waals surface area contributed by atoms with Crippen LogP contribution in [0, 0.1) is 19.8 Å². The standard InChI is InChI=1S/C18H25N5O3/c1-12-9-21-23(10-12)7-3-6-19-17(24)14-4-5-15(8-14)22-18(25)16-13(2)20-11-26-16/h9-11,14-15H,3-8H2,1-2H3,(H,19,24)(H,22,25)/t14-,15+/m0/s1. The fraction of sp³-hybridized carbons (Fsp3) is 0.556. The number of carbonyl (C=O) groups excluding carboxylic acids is 2. The summed E-state index contributed by atoms with van der Waals surface area (Å²) in [4.78, 5) is 28.4. The van der Waals surface area contributed by atoms with E-state index in [1.807, 2.05) is 24.0 Å². The second-order valence-electron chi connectivity index (χ2n) is 6.87. The summed E-state index contributed by atoms with van der Waals surface area (Å²) in [7, 11) is 0. The van der Waals surface area contributed by atoms with Gasteiger partial charge in [0.1, 0.15) is 0 Å². The van der Waals surface area contributed by atoms with Crippen LogP contribution in [0.5, 0.6) is 0 Å². The van der Waals surface area contributed by atoms with Crippen molar-refractivity contribution in [1.29, 1.82) is 0 Å². The maximum absolute atomic E-state index is 12.3. The normalized spacial score (nSPS) is 19.5. The van der Waals surface area contributed by atoms with E-state index in [1.54, 1.807) is 6.92 Å². The number of nitrogens with zero attached hydrogens (tertiary/aromatic N) is 3. The number of oxazole rings is 1. The Morgan fingerprint density at radius 2 is 2.19 bits per heavy atom. The highest BCUT2D eigenvalue weighted by atomic mass is 16.3. The molecule has 1 fully saturated rings. The smallest absolute Gasteiger partial charge is 0.289 e. The number of hydrogen-bond acceptors (Lipinski definition) is 5. The third-order valence-corrected chi connectivity index (χ3v) is 4.72. The van der Waals surface area contributed by atoms with Crippen LogP contribution in [0.4, 0.5) is 0 Å². The Hall–Kier alpha value is -2.64. The van der Waals surface area contributed by atoms with Crippen LogP contribution >= 0.6 is 0 Å². The summed E-state index contributed by atoms with van der Waals surface area (Å²) in [6, 6.07) is -0.00482. The molecular formula is C18H25N5O3. The Kier molecular flexibility index (Phi) is 5.70. The molecule has 0 radical (unpaired) electrons. The van der Waals surface area contributed by atoms with Crippen molar-refractivity contribution in [2.75, 3.05) is 6.54 Å². The lowest BCUT2D eigenvalue weighted by atomic mass is 10.1. The zero-order chi connectivity index (χ0) is 18.5. The second kappa shape index (κ2) is 8.16. The average molecular weight is 359 g/mol. The van der Waals surface area contributed by atoms with Crippen LogP contribution < -0.4 is 10.6 Å². The van der Waals surface area contributed by atoms with Crippen LogP contribution in [0.1, 0.15) is 47.5 Å². The van der Waals surface area contributed by atoms with E-state index < -0.39 is 0 Å². The van der Waals surface area contributed by atoms with Gasteiger partial charge in [0.2, 0.25) is 11.7 Å². The summed E-state index contributed by atoms with van der Waals surface area (Å²) in [5.41, 5.74) is 1.70. The summed E-state index contributed by atoms with van der Waals surface area (Å²) >= 11 is 0. The van der Waals surface area contributed by atoms with Gasteiger partial charge < -0.3 is 15.1 Å². The van der Waals surface area contributed by atoms with Gasteiger partial charge in [-0.15, -0.1) is 0 Å². The van der Waals surface area contributed by atoms with E-state index in [4.69, 9.17) is 4.42 Å². The molecule has 2 amide bonds. The molecule has 26 heavy (non-hydrogen) atoms. The van der Waals surface area contributed by atoms with E-state index >= 15 is 0 Å². The number of carbonyl (C=O) groups is 2. The van der Waals surface area contributed by atoms with Crippen LogP contribution in [-0.4, -0.2) is 39.2 Å². The van der Waals surface area contributed by atoms with Gasteiger partial charge in [-0.25, -0.2) is 4.98 Å². The van der Waals surface area contributed by atoms with Gasteiger partial charge in [-0.1, -0.05) is 0 Å². The van der Waals surface area contributed by atoms with Crippen molar-refractivity contribution in [2.45, 2.75) is 52.1 Å². The van der Waals surface area contributed by atoms with Gasteiger partial charge in [-0.3, -0.25) is 14.3 Å². The number of nitrogens with one attached hydrogen (secondary N) is 2. The Labute approximate surface area is 152 Å². The molecule has 8 heteroatoms. The lowest BCUT2D eigenvalue weighted by Gasteiger charge is -2.13. The van der Waals surface area contributed by atoms with Crippen molar-refractivity contribution < 1.29 is 14.0 Å². The minimum Gasteiger partial charge on any atom is -0.438 e. The second-order valence-corrected chi connectivity index (χ2v) is 6.87. The Morgan fingerprint density at radius 1 is 1.35 bits per heavy atom. The number of amides is 2. The Balaban J connectivity index is 1.37. The first kappa shape index (κ1) is 18.2. The zero-order valence-corrected chi connectivity index (χ0v) is 15.2. The predicted molar refractivity (Wildman–Crippen MR) is 94.4 cm³/mol. The average Bonchev–Trinajstić information content (AvgIpc) is 3.33. The molecule has 0 saturated heterocycles. The highest BCUT2D eigenvalue weighted by molar-refractivity contribution is 5.92. The maximum Gasteiger partial charge on any atom is 0.289 e. The van der Waals surface area contributed by atoms with Crippen molar-refractivity contribution in [3.8, 4) is 0 Å². The van der Waals surface area contributed by atoms with Gasteiger partial charge >= 0.3 is 0 Å². The van der Waals surface area contributed by atoms with Crippen molar-refractivity contribution in [2.24, 2.45) is 5.92 Å². The molecule has 2 aromatic rings. The molecule has 140 valence electrons. The summed E-state index contributed by atoms with van der Waals surface area (Å²) in [5, 5.41) is 10.2. The highest BCUT2D eigenvalue weighted by Gasteiger charge is 2.31. The van der Waals surface area contributed by atoms with Gasteiger partial charge in [0.25, 0.3) is 5.91 Å². The van der Waals surface area contributed by atoms with Gasteiger partial charge in [0.15, 0.2) is 6.39 Å². The fourth-order valence-corrected chi connectivity index (χ4v) is 3.31. The van der Waals surface area contributed by atoms with Crippen molar-refractivity contribution in [3.63, 3.8) is 0 Å². The molecule has 2 N–H and O–H groups in total. The lowest BCUT2D eigenvalue weighted by Crippen LogP contribution is -2.35. The van der Waals surface area contributed by atoms with E-state index in [0.717, 1.165) is 31.4 Å². The van der Waals surface area contributed by atoms with Crippen LogP contribution in [-0.2, 0) is 11.3 Å². The molecule has 3 rings (SSSR count). The number of aryl methyl sites for hydroxylation is 3. The molecule has 0 unspecified atom stereocenters. The molecule has 0 spiro atoms. The molecule has 1 aliphatic carbocycles. The molecule has 8 nitrogen and oxygen atoms in total. The molecular weight excluding hydrogens is 334 g/mol. The monoisotopic (exact) mass is 359 g/mol. The molecule has 1 saturated carbocycles. The quantitative estimate of drug-likeness (QED) is 0.731. The summed E-state index contributed by atoms with van der Waals surface area (Å²) in [5.74, 6) is -0.00959. The van der Waals surface area contributed by atoms with E-state index in [0.29, 0.717) is 18.7 Å². The first-order valence-corrected chi connectivity index (χ1v) is 9.00. The molecule has 0 aromatic carbocycles. The van der Waals surface area contributed by atoms with Crippen LogP contribution in [0.25, 0.3) is 0 Å². The molecule has 1 aliphatic rings. The van der Waals surface area contributed by atoms with Gasteiger partial charge in [-0.2, -0.15) is 5.10 Å². The van der Waals surface area contributed by atoms with E-state index in [2.05, 4.69) is 20.7 Å². The topological polar surface area (TPSA) is 102 Å². The number of aromatic nitrogens is 3. The van der Waals surface area contributed by atoms with E-state index in [-0.39, 0.29) is 29.5 Å². The number of rotatable bonds is 7. The molecule has 0 bridgehead atoms. The van der Waals surface area contributed by atoms with Crippen LogP contribution in [0.15, 0.2) is 23.2 Å². The first-order chi connectivity index (χ1) is 12.5. The third-order valence-electron chi connectivity index (χ3n) is 4.72. The first-order valence-electron chi connectivity index (χ1n) is 9.00. The van der Waals surface area contributed by atoms with Gasteiger partial charge in [0.05, 0.1) is 11.9 Å². The minimum absolute atomic E-state index is 0.00482. The minimum atomic E-state index is -0.263. The van der Waals surface area contributed by atoms with E-state index in [1.165, 1.54) is 6.39 Å². The van der Waals surface area contributed by atoms with Crippen molar-refractivity contribution >= 4 is 11.8 Å². The zero-order valence-electron chi connectivity index (χ0n) is 15.2. The lowest BCUT2D eigenvalue weighted by molar-refractivity contribution is -0.124. The van der Waals surface area contributed by atoms with Crippen LogP contribution in [0.3, 0.4) is 0 Å². The third kappa shape index (κ3) is 4.50. The van der Waals surface area contributed by atoms with Gasteiger partial charge in [-0.05, 0) is 45.1 Å². The number of hydrogen-bond donors (Lipinski definition) is 2. The highest BCUT2D eigenvalue weighted by Crippen LogP contribution is 2.26. The van der Waals surface area contributed by atoms with E-state index in [9.17, 15) is 9.59 Å². The molecule has 2 atom stereocenters.